The maximum absolute atomic E-state index is 12.2. The van der Waals surface area contributed by atoms with Gasteiger partial charge in [-0.3, -0.25) is 4.79 Å². The molecule has 1 aliphatic rings. The molecule has 100 valence electrons. The fraction of sp³-hybridized carbons (Fsp3) is 0.786. The largest absolute Gasteiger partial charge is 0.297 e. The van der Waals surface area contributed by atoms with Gasteiger partial charge in [0, 0.05) is 6.42 Å². The Morgan fingerprint density at radius 1 is 1.39 bits per heavy atom. The third kappa shape index (κ3) is 2.79. The smallest absolute Gasteiger partial charge is 0.157 e. The summed E-state index contributed by atoms with van der Waals surface area (Å²) in [5, 5.41) is 4.19. The van der Waals surface area contributed by atoms with Gasteiger partial charge in [0.25, 0.3) is 0 Å². The van der Waals surface area contributed by atoms with Crippen LogP contribution in [-0.4, -0.2) is 20.5 Å². The first-order valence-electron chi connectivity index (χ1n) is 7.10. The molecule has 0 bridgehead atoms. The average molecular weight is 249 g/mol. The molecule has 1 aliphatic carbocycles. The molecule has 0 spiro atoms. The van der Waals surface area contributed by atoms with E-state index in [0.717, 1.165) is 0 Å². The molecule has 2 unspecified atom stereocenters. The number of nitrogens with zero attached hydrogens (tertiary/aromatic N) is 3. The first-order chi connectivity index (χ1) is 8.74. The average Bonchev–Trinajstić information content (AvgIpc) is 2.93. The molecule has 0 amide bonds. The summed E-state index contributed by atoms with van der Waals surface area (Å²) in [6, 6.07) is -0.124. The number of ketones is 1. The maximum atomic E-state index is 12.2. The SMILES string of the molecule is CCC(=O)C(C(C)C1CCCCC1)n1cncn1. The van der Waals surface area contributed by atoms with E-state index in [1.54, 1.807) is 11.0 Å². The van der Waals surface area contributed by atoms with Gasteiger partial charge in [-0.25, -0.2) is 9.67 Å². The zero-order chi connectivity index (χ0) is 13.0. The van der Waals surface area contributed by atoms with Crippen molar-refractivity contribution >= 4 is 5.78 Å². The van der Waals surface area contributed by atoms with Crippen LogP contribution in [0.25, 0.3) is 0 Å². The second kappa shape index (κ2) is 6.12. The van der Waals surface area contributed by atoms with Gasteiger partial charge in [0.1, 0.15) is 18.7 Å². The van der Waals surface area contributed by atoms with Crippen molar-refractivity contribution in [2.24, 2.45) is 11.8 Å². The van der Waals surface area contributed by atoms with E-state index in [9.17, 15) is 4.79 Å². The van der Waals surface area contributed by atoms with Crippen LogP contribution in [0.2, 0.25) is 0 Å². The number of rotatable bonds is 5. The minimum absolute atomic E-state index is 0.124. The van der Waals surface area contributed by atoms with Gasteiger partial charge in [-0.15, -0.1) is 0 Å². The highest BCUT2D eigenvalue weighted by atomic mass is 16.1. The number of carbonyl (C=O) groups is 1. The molecule has 4 heteroatoms. The van der Waals surface area contributed by atoms with Gasteiger partial charge in [0.2, 0.25) is 0 Å². The molecule has 1 aromatic rings. The molecule has 18 heavy (non-hydrogen) atoms. The van der Waals surface area contributed by atoms with Crippen LogP contribution >= 0.6 is 0 Å². The molecule has 0 radical (unpaired) electrons. The summed E-state index contributed by atoms with van der Waals surface area (Å²) >= 11 is 0. The summed E-state index contributed by atoms with van der Waals surface area (Å²) < 4.78 is 1.76. The van der Waals surface area contributed by atoms with Gasteiger partial charge in [-0.05, 0) is 11.8 Å². The zero-order valence-electron chi connectivity index (χ0n) is 11.4. The standard InChI is InChI=1S/C14H23N3O/c1-3-13(18)14(17-10-15-9-16-17)11(2)12-7-5-4-6-8-12/h9-12,14H,3-8H2,1-2H3. The second-order valence-corrected chi connectivity index (χ2v) is 5.40. The Bertz CT molecular complexity index is 368. The lowest BCUT2D eigenvalue weighted by Gasteiger charge is -2.32. The molecular weight excluding hydrogens is 226 g/mol. The van der Waals surface area contributed by atoms with Gasteiger partial charge in [0.15, 0.2) is 5.78 Å². The minimum Gasteiger partial charge on any atom is -0.297 e. The Balaban J connectivity index is 2.15. The lowest BCUT2D eigenvalue weighted by atomic mass is 9.76. The number of hydrogen-bond donors (Lipinski definition) is 0. The van der Waals surface area contributed by atoms with Crippen LogP contribution in [0.3, 0.4) is 0 Å². The summed E-state index contributed by atoms with van der Waals surface area (Å²) in [5.41, 5.74) is 0. The Morgan fingerprint density at radius 3 is 2.67 bits per heavy atom. The van der Waals surface area contributed by atoms with Gasteiger partial charge in [-0.1, -0.05) is 46.0 Å². The zero-order valence-corrected chi connectivity index (χ0v) is 11.4. The van der Waals surface area contributed by atoms with Crippen molar-refractivity contribution in [2.45, 2.75) is 58.4 Å². The van der Waals surface area contributed by atoms with Gasteiger partial charge >= 0.3 is 0 Å². The van der Waals surface area contributed by atoms with Crippen LogP contribution < -0.4 is 0 Å². The fourth-order valence-electron chi connectivity index (χ4n) is 3.17. The van der Waals surface area contributed by atoms with Gasteiger partial charge < -0.3 is 0 Å². The monoisotopic (exact) mass is 249 g/mol. The summed E-state index contributed by atoms with van der Waals surface area (Å²) in [6.07, 6.45) is 10.2. The molecule has 4 nitrogen and oxygen atoms in total. The van der Waals surface area contributed by atoms with Gasteiger partial charge in [-0.2, -0.15) is 5.10 Å². The molecule has 2 rings (SSSR count). The Morgan fingerprint density at radius 2 is 2.11 bits per heavy atom. The predicted molar refractivity (Wildman–Crippen MR) is 70.1 cm³/mol. The minimum atomic E-state index is -0.124. The van der Waals surface area contributed by atoms with E-state index >= 15 is 0 Å². The van der Waals surface area contributed by atoms with Crippen LogP contribution in [0.4, 0.5) is 0 Å². The fourth-order valence-corrected chi connectivity index (χ4v) is 3.17. The van der Waals surface area contributed by atoms with E-state index in [2.05, 4.69) is 17.0 Å². The highest BCUT2D eigenvalue weighted by Crippen LogP contribution is 2.36. The van der Waals surface area contributed by atoms with Crippen molar-refractivity contribution in [3.63, 3.8) is 0 Å². The van der Waals surface area contributed by atoms with Crippen LogP contribution in [0.15, 0.2) is 12.7 Å². The third-order valence-electron chi connectivity index (χ3n) is 4.29. The van der Waals surface area contributed by atoms with Crippen LogP contribution in [-0.2, 0) is 4.79 Å². The van der Waals surface area contributed by atoms with Crippen LogP contribution in [0.1, 0.15) is 58.4 Å². The summed E-state index contributed by atoms with van der Waals surface area (Å²) in [4.78, 5) is 16.2. The van der Waals surface area contributed by atoms with Crippen molar-refractivity contribution in [2.75, 3.05) is 0 Å². The van der Waals surface area contributed by atoms with Gasteiger partial charge in [0.05, 0.1) is 0 Å². The highest BCUT2D eigenvalue weighted by molar-refractivity contribution is 5.82. The maximum Gasteiger partial charge on any atom is 0.157 e. The van der Waals surface area contributed by atoms with Crippen molar-refractivity contribution in [3.05, 3.63) is 12.7 Å². The van der Waals surface area contributed by atoms with E-state index in [1.165, 1.54) is 38.4 Å². The number of aromatic nitrogens is 3. The first-order valence-corrected chi connectivity index (χ1v) is 7.10. The topological polar surface area (TPSA) is 47.8 Å². The Kier molecular flexibility index (Phi) is 4.50. The molecule has 0 aromatic carbocycles. The molecule has 2 atom stereocenters. The molecule has 1 aromatic heterocycles. The first kappa shape index (κ1) is 13.2. The quantitative estimate of drug-likeness (QED) is 0.806. The molecular formula is C14H23N3O. The van der Waals surface area contributed by atoms with E-state index in [0.29, 0.717) is 18.3 Å². The van der Waals surface area contributed by atoms with E-state index in [4.69, 9.17) is 0 Å². The van der Waals surface area contributed by atoms with E-state index in [-0.39, 0.29) is 11.8 Å². The summed E-state index contributed by atoms with van der Waals surface area (Å²) in [6.45, 7) is 4.13. The molecule has 0 aliphatic heterocycles. The lowest BCUT2D eigenvalue weighted by Crippen LogP contribution is -2.31. The molecule has 1 fully saturated rings. The molecule has 0 saturated heterocycles. The lowest BCUT2D eigenvalue weighted by molar-refractivity contribution is -0.124. The van der Waals surface area contributed by atoms with Crippen molar-refractivity contribution in [3.8, 4) is 0 Å². The predicted octanol–water partition coefficient (Wildman–Crippen LogP) is 3.01. The number of Topliss-reactive ketones (excluding diaryl/α,β-unsaturated/α-hetero) is 1. The van der Waals surface area contributed by atoms with E-state index < -0.39 is 0 Å². The molecule has 1 heterocycles. The Labute approximate surface area is 109 Å². The van der Waals surface area contributed by atoms with Crippen LogP contribution in [0, 0.1) is 11.8 Å². The van der Waals surface area contributed by atoms with Crippen LogP contribution in [0.5, 0.6) is 0 Å². The third-order valence-corrected chi connectivity index (χ3v) is 4.29. The molecule has 0 N–H and O–H groups in total. The number of carbonyl (C=O) groups excluding carboxylic acids is 1. The van der Waals surface area contributed by atoms with Crippen molar-refractivity contribution in [1.82, 2.24) is 14.8 Å². The number of hydrogen-bond acceptors (Lipinski definition) is 3. The summed E-state index contributed by atoms with van der Waals surface area (Å²) in [7, 11) is 0. The highest BCUT2D eigenvalue weighted by Gasteiger charge is 2.32. The van der Waals surface area contributed by atoms with Crippen molar-refractivity contribution < 1.29 is 4.79 Å². The van der Waals surface area contributed by atoms with Crippen molar-refractivity contribution in [1.29, 1.82) is 0 Å². The second-order valence-electron chi connectivity index (χ2n) is 5.40. The summed E-state index contributed by atoms with van der Waals surface area (Å²) in [5.74, 6) is 1.29. The van der Waals surface area contributed by atoms with E-state index in [1.807, 2.05) is 6.92 Å². The normalized spacial score (nSPS) is 20.6. The molecule has 1 saturated carbocycles. The Hall–Kier alpha value is -1.19.